The largest absolute Gasteiger partial charge is 0.479 e. The Morgan fingerprint density at radius 1 is 1.20 bits per heavy atom. The van der Waals surface area contributed by atoms with Crippen molar-refractivity contribution in [1.82, 2.24) is 9.97 Å². The molecule has 0 aliphatic heterocycles. The summed E-state index contributed by atoms with van der Waals surface area (Å²) in [5.41, 5.74) is 2.18. The number of benzene rings is 1. The van der Waals surface area contributed by atoms with E-state index in [0.29, 0.717) is 17.5 Å². The van der Waals surface area contributed by atoms with Crippen molar-refractivity contribution in [3.8, 4) is 17.1 Å². The maximum absolute atomic E-state index is 10.4. The molecule has 104 valence electrons. The molecule has 0 amide bonds. The first kappa shape index (κ1) is 14.0. The van der Waals surface area contributed by atoms with Gasteiger partial charge in [-0.15, -0.1) is 0 Å². The van der Waals surface area contributed by atoms with Crippen molar-refractivity contribution in [3.63, 3.8) is 0 Å². The van der Waals surface area contributed by atoms with Crippen LogP contribution in [0.3, 0.4) is 0 Å². The molecule has 0 bridgehead atoms. The van der Waals surface area contributed by atoms with Gasteiger partial charge in [-0.1, -0.05) is 38.1 Å². The van der Waals surface area contributed by atoms with Gasteiger partial charge in [0.05, 0.1) is 12.4 Å². The number of ether oxygens (including phenoxy) is 1. The molecule has 5 heteroatoms. The van der Waals surface area contributed by atoms with Gasteiger partial charge in [0.1, 0.15) is 0 Å². The van der Waals surface area contributed by atoms with Crippen LogP contribution in [-0.4, -0.2) is 27.7 Å². The first-order valence-electron chi connectivity index (χ1n) is 6.33. The highest BCUT2D eigenvalue weighted by Crippen LogP contribution is 2.20. The van der Waals surface area contributed by atoms with Crippen LogP contribution in [0.15, 0.2) is 36.7 Å². The number of carboxylic acids is 1. The zero-order valence-electron chi connectivity index (χ0n) is 11.4. The molecule has 0 radical (unpaired) electrons. The molecule has 2 rings (SSSR count). The predicted molar refractivity (Wildman–Crippen MR) is 74.7 cm³/mol. The Morgan fingerprint density at radius 2 is 1.80 bits per heavy atom. The van der Waals surface area contributed by atoms with E-state index in [9.17, 15) is 4.79 Å². The third-order valence-electron chi connectivity index (χ3n) is 2.83. The second-order valence-electron chi connectivity index (χ2n) is 4.70. The van der Waals surface area contributed by atoms with Crippen LogP contribution in [0.5, 0.6) is 5.75 Å². The van der Waals surface area contributed by atoms with Crippen LogP contribution in [0.2, 0.25) is 0 Å². The van der Waals surface area contributed by atoms with Crippen molar-refractivity contribution in [2.24, 2.45) is 0 Å². The molecular weight excluding hydrogens is 256 g/mol. The average Bonchev–Trinajstić information content (AvgIpc) is 2.46. The highest BCUT2D eigenvalue weighted by atomic mass is 16.5. The van der Waals surface area contributed by atoms with E-state index in [2.05, 4.69) is 35.9 Å². The van der Waals surface area contributed by atoms with Gasteiger partial charge >= 0.3 is 5.97 Å². The Bertz CT molecular complexity index is 577. The molecule has 20 heavy (non-hydrogen) atoms. The van der Waals surface area contributed by atoms with Gasteiger partial charge in [-0.25, -0.2) is 14.8 Å². The summed E-state index contributed by atoms with van der Waals surface area (Å²) in [5, 5.41) is 8.51. The molecule has 0 aliphatic carbocycles. The Kier molecular flexibility index (Phi) is 4.30. The van der Waals surface area contributed by atoms with Crippen molar-refractivity contribution in [1.29, 1.82) is 0 Å². The average molecular weight is 272 g/mol. The number of hydrogen-bond donors (Lipinski definition) is 1. The van der Waals surface area contributed by atoms with Gasteiger partial charge in [0.2, 0.25) is 0 Å². The molecule has 1 N–H and O–H groups in total. The Balaban J connectivity index is 2.11. The summed E-state index contributed by atoms with van der Waals surface area (Å²) in [6.07, 6.45) is 2.95. The van der Waals surface area contributed by atoms with Crippen molar-refractivity contribution in [2.75, 3.05) is 6.61 Å². The maximum atomic E-state index is 10.4. The summed E-state index contributed by atoms with van der Waals surface area (Å²) in [4.78, 5) is 18.7. The quantitative estimate of drug-likeness (QED) is 0.906. The second-order valence-corrected chi connectivity index (χ2v) is 4.70. The minimum Gasteiger partial charge on any atom is -0.479 e. The highest BCUT2D eigenvalue weighted by Gasteiger charge is 2.05. The number of nitrogens with zero attached hydrogens (tertiary/aromatic N) is 2. The van der Waals surface area contributed by atoms with Crippen LogP contribution >= 0.6 is 0 Å². The molecule has 0 aliphatic rings. The predicted octanol–water partition coefficient (Wildman–Crippen LogP) is 2.73. The number of carboxylic acid groups (broad SMARTS) is 1. The summed E-state index contributed by atoms with van der Waals surface area (Å²) in [6, 6.07) is 8.06. The molecule has 1 aromatic carbocycles. The molecule has 0 saturated heterocycles. The Hall–Kier alpha value is -2.43. The molecule has 5 nitrogen and oxygen atoms in total. The fourth-order valence-electron chi connectivity index (χ4n) is 1.70. The SMILES string of the molecule is CC(C)c1ccc(-c2ncc(OCC(=O)O)cn2)cc1. The van der Waals surface area contributed by atoms with Crippen molar-refractivity contribution in [3.05, 3.63) is 42.2 Å². The molecule has 0 spiro atoms. The number of rotatable bonds is 5. The van der Waals surface area contributed by atoms with E-state index in [-0.39, 0.29) is 0 Å². The lowest BCUT2D eigenvalue weighted by Gasteiger charge is -2.07. The van der Waals surface area contributed by atoms with Gasteiger partial charge in [0.25, 0.3) is 0 Å². The zero-order valence-corrected chi connectivity index (χ0v) is 11.4. The van der Waals surface area contributed by atoms with Gasteiger partial charge in [-0.05, 0) is 11.5 Å². The summed E-state index contributed by atoms with van der Waals surface area (Å²) in [7, 11) is 0. The summed E-state index contributed by atoms with van der Waals surface area (Å²) < 4.78 is 4.98. The smallest absolute Gasteiger partial charge is 0.341 e. The standard InChI is InChI=1S/C15H16N2O3/c1-10(2)11-3-5-12(6-4-11)15-16-7-13(8-17-15)20-9-14(18)19/h3-8,10H,9H2,1-2H3,(H,18,19). The van der Waals surface area contributed by atoms with E-state index in [1.807, 2.05) is 12.1 Å². The number of hydrogen-bond acceptors (Lipinski definition) is 4. The van der Waals surface area contributed by atoms with Crippen molar-refractivity contribution >= 4 is 5.97 Å². The highest BCUT2D eigenvalue weighted by molar-refractivity contribution is 5.68. The van der Waals surface area contributed by atoms with Gasteiger partial charge < -0.3 is 9.84 Å². The van der Waals surface area contributed by atoms with Crippen LogP contribution in [0.1, 0.15) is 25.3 Å². The molecule has 0 atom stereocenters. The first-order chi connectivity index (χ1) is 9.56. The molecule has 1 aromatic heterocycles. The molecule has 1 heterocycles. The summed E-state index contributed by atoms with van der Waals surface area (Å²) in [6.45, 7) is 3.88. The van der Waals surface area contributed by atoms with Gasteiger partial charge in [-0.2, -0.15) is 0 Å². The minimum absolute atomic E-state index is 0.343. The molecule has 2 aromatic rings. The van der Waals surface area contributed by atoms with E-state index >= 15 is 0 Å². The zero-order chi connectivity index (χ0) is 14.5. The van der Waals surface area contributed by atoms with Crippen LogP contribution in [0.4, 0.5) is 0 Å². The Labute approximate surface area is 117 Å². The van der Waals surface area contributed by atoms with E-state index in [1.54, 1.807) is 0 Å². The van der Waals surface area contributed by atoms with E-state index in [0.717, 1.165) is 5.56 Å². The van der Waals surface area contributed by atoms with Gasteiger partial charge in [0.15, 0.2) is 18.2 Å². The lowest BCUT2D eigenvalue weighted by Crippen LogP contribution is -2.09. The first-order valence-corrected chi connectivity index (χ1v) is 6.33. The molecule has 0 fully saturated rings. The van der Waals surface area contributed by atoms with Crippen LogP contribution in [0, 0.1) is 0 Å². The topological polar surface area (TPSA) is 72.3 Å². The number of aliphatic carboxylic acids is 1. The maximum Gasteiger partial charge on any atom is 0.341 e. The fourth-order valence-corrected chi connectivity index (χ4v) is 1.70. The summed E-state index contributed by atoms with van der Waals surface area (Å²) in [5.74, 6) is 0.382. The van der Waals surface area contributed by atoms with E-state index < -0.39 is 12.6 Å². The number of aromatic nitrogens is 2. The Morgan fingerprint density at radius 3 is 2.30 bits per heavy atom. The third-order valence-corrected chi connectivity index (χ3v) is 2.83. The monoisotopic (exact) mass is 272 g/mol. The van der Waals surface area contributed by atoms with Crippen molar-refractivity contribution < 1.29 is 14.6 Å². The minimum atomic E-state index is -1.03. The molecule has 0 saturated carbocycles. The lowest BCUT2D eigenvalue weighted by atomic mass is 10.0. The summed E-state index contributed by atoms with van der Waals surface area (Å²) >= 11 is 0. The molecular formula is C15H16N2O3. The van der Waals surface area contributed by atoms with E-state index in [4.69, 9.17) is 9.84 Å². The normalized spacial score (nSPS) is 10.6. The van der Waals surface area contributed by atoms with Crippen LogP contribution < -0.4 is 4.74 Å². The van der Waals surface area contributed by atoms with Crippen LogP contribution in [-0.2, 0) is 4.79 Å². The fraction of sp³-hybridized carbons (Fsp3) is 0.267. The van der Waals surface area contributed by atoms with Gasteiger partial charge in [0, 0.05) is 5.56 Å². The molecule has 0 unspecified atom stereocenters. The third kappa shape index (κ3) is 3.54. The number of carbonyl (C=O) groups is 1. The van der Waals surface area contributed by atoms with E-state index in [1.165, 1.54) is 18.0 Å². The second kappa shape index (κ2) is 6.14. The van der Waals surface area contributed by atoms with Crippen LogP contribution in [0.25, 0.3) is 11.4 Å². The van der Waals surface area contributed by atoms with Gasteiger partial charge in [-0.3, -0.25) is 0 Å². The van der Waals surface area contributed by atoms with Crippen molar-refractivity contribution in [2.45, 2.75) is 19.8 Å². The lowest BCUT2D eigenvalue weighted by molar-refractivity contribution is -0.139.